The molecule has 1 saturated heterocycles. The van der Waals surface area contributed by atoms with Crippen LogP contribution < -0.4 is 11.1 Å². The van der Waals surface area contributed by atoms with Gasteiger partial charge in [-0.1, -0.05) is 89.9 Å². The van der Waals surface area contributed by atoms with Crippen LogP contribution in [0.15, 0.2) is 0 Å². The Hall–Kier alpha value is -6.27. The van der Waals surface area contributed by atoms with Gasteiger partial charge in [0.15, 0.2) is 6.29 Å². The number of ether oxygens (including phenoxy) is 2. The second kappa shape index (κ2) is 38.4. The van der Waals surface area contributed by atoms with E-state index in [-0.39, 0.29) is 24.3 Å². The van der Waals surface area contributed by atoms with E-state index in [0.29, 0.717) is 6.42 Å². The zero-order valence-electron chi connectivity index (χ0n) is 36.1. The molecule has 0 spiro atoms. The summed E-state index contributed by atoms with van der Waals surface area (Å²) in [4.78, 5) is 24.1. The number of terminal acetylenes is 1. The molecule has 1 heterocycles. The van der Waals surface area contributed by atoms with Crippen molar-refractivity contribution in [3.63, 3.8) is 0 Å². The van der Waals surface area contributed by atoms with Crippen molar-refractivity contribution in [3.8, 4) is 143 Å². The molecule has 8 atom stereocenters. The number of hydrogen-bond donors (Lipinski definition) is 7. The Bertz CT molecular complexity index is 2260. The monoisotopic (exact) mass is 882 g/mol. The zero-order chi connectivity index (χ0) is 46.9. The molecule has 0 aromatic carbocycles. The third-order valence-electron chi connectivity index (χ3n) is 8.80. The average molecular weight is 883 g/mol. The highest BCUT2D eigenvalue weighted by Crippen LogP contribution is 2.25. The van der Waals surface area contributed by atoms with Gasteiger partial charge in [-0.3, -0.25) is 9.59 Å². The van der Waals surface area contributed by atoms with E-state index >= 15 is 0 Å². The number of amides is 2. The highest BCUT2D eigenvalue weighted by Gasteiger charge is 2.44. The van der Waals surface area contributed by atoms with Gasteiger partial charge in [0.25, 0.3) is 0 Å². The van der Waals surface area contributed by atoms with Gasteiger partial charge in [0.1, 0.15) is 24.4 Å². The summed E-state index contributed by atoms with van der Waals surface area (Å²) in [7, 11) is 0. The van der Waals surface area contributed by atoms with Gasteiger partial charge < -0.3 is 46.1 Å². The van der Waals surface area contributed by atoms with E-state index in [2.05, 4.69) is 148 Å². The fourth-order valence-corrected chi connectivity index (χ4v) is 6.41. The van der Waals surface area contributed by atoms with E-state index in [9.17, 15) is 35.1 Å². The quantitative estimate of drug-likeness (QED) is 0.0551. The van der Waals surface area contributed by atoms with E-state index in [0.717, 1.165) is 37.4 Å². The van der Waals surface area contributed by atoms with Crippen LogP contribution in [-0.2, 0) is 19.1 Å². The SMILES string of the molecule is C#CC#CC#CC#CC#CC#CC#CC#CC#CC#CC#CC#CCC(=O)N[C@@H](CO[C@H]1OC(CSCC(N)=O)[C@H](O)[C@H](O)C1O)[C@H](O)[C@H](O)CCCCCCCCCCCCCC. The molecular formula is C52H54N2O9S. The first-order valence-electron chi connectivity index (χ1n) is 20.9. The number of hydrogen-bond acceptors (Lipinski definition) is 10. The third-order valence-corrected chi connectivity index (χ3v) is 9.85. The van der Waals surface area contributed by atoms with Crippen molar-refractivity contribution in [2.75, 3.05) is 18.1 Å². The molecule has 1 aliphatic heterocycles. The van der Waals surface area contributed by atoms with Gasteiger partial charge in [0.05, 0.1) is 37.0 Å². The molecule has 2 unspecified atom stereocenters. The number of unbranched alkanes of at least 4 members (excludes halogenated alkanes) is 11. The number of rotatable bonds is 24. The van der Waals surface area contributed by atoms with Crippen LogP contribution >= 0.6 is 11.8 Å². The van der Waals surface area contributed by atoms with Crippen molar-refractivity contribution in [2.45, 2.75) is 146 Å². The van der Waals surface area contributed by atoms with E-state index < -0.39 is 67.4 Å². The summed E-state index contributed by atoms with van der Waals surface area (Å²) >= 11 is 1.06. The van der Waals surface area contributed by atoms with Gasteiger partial charge in [-0.05, 0) is 101 Å². The first kappa shape index (κ1) is 55.7. The van der Waals surface area contributed by atoms with Crippen LogP contribution in [0.2, 0.25) is 0 Å². The van der Waals surface area contributed by atoms with Crippen molar-refractivity contribution in [2.24, 2.45) is 5.73 Å². The topological polar surface area (TPSA) is 192 Å². The molecule has 1 rings (SSSR count). The number of carbonyl (C=O) groups is 2. The minimum atomic E-state index is -1.68. The summed E-state index contributed by atoms with van der Waals surface area (Å²) in [6.45, 7) is 1.77. The van der Waals surface area contributed by atoms with Crippen LogP contribution in [0.5, 0.6) is 0 Å². The fourth-order valence-electron chi connectivity index (χ4n) is 5.58. The lowest BCUT2D eigenvalue weighted by Gasteiger charge is -2.41. The first-order valence-corrected chi connectivity index (χ1v) is 22.0. The standard InChI is InChI=1S/C52H54N2O9S/c1-3-5-7-9-11-13-15-17-18-19-20-21-22-23-24-25-26-27-29-31-33-35-37-39-47(57)54-43(40-62-52-51(61)50(60)49(59)45(63-52)41-64-42-46(53)56)48(58)44(55)38-36-34-32-30-28-16-14-12-10-8-6-4-2/h1,43-45,48-52,55,58-61H,4,6,8,10,12,14,16,28,30,32,34,36,38-42H2,2H3,(H2,53,56)(H,54,57)/t43-,44+,45?,48-,49-,50-,51?,52-/m0/s1. The molecule has 8 N–H and O–H groups in total. The lowest BCUT2D eigenvalue weighted by molar-refractivity contribution is -0.294. The molecule has 64 heavy (non-hydrogen) atoms. The normalized spacial score (nSPS) is 17.4. The predicted molar refractivity (Wildman–Crippen MR) is 248 cm³/mol. The smallest absolute Gasteiger partial charge is 0.232 e. The van der Waals surface area contributed by atoms with Crippen molar-refractivity contribution >= 4 is 23.6 Å². The number of aliphatic hydroxyl groups is 5. The first-order chi connectivity index (χ1) is 31.1. The molecular weight excluding hydrogens is 829 g/mol. The maximum Gasteiger partial charge on any atom is 0.232 e. The van der Waals surface area contributed by atoms with Crippen molar-refractivity contribution in [1.29, 1.82) is 0 Å². The third kappa shape index (κ3) is 29.1. The molecule has 332 valence electrons. The Morgan fingerprint density at radius 2 is 1.09 bits per heavy atom. The van der Waals surface area contributed by atoms with Gasteiger partial charge in [-0.25, -0.2) is 0 Å². The van der Waals surface area contributed by atoms with Crippen LogP contribution in [0.3, 0.4) is 0 Å². The van der Waals surface area contributed by atoms with E-state index in [1.54, 1.807) is 0 Å². The maximum atomic E-state index is 12.9. The number of aliphatic hydroxyl groups excluding tert-OH is 5. The van der Waals surface area contributed by atoms with Crippen LogP contribution in [-0.4, -0.2) is 104 Å². The van der Waals surface area contributed by atoms with E-state index in [1.165, 1.54) is 44.9 Å². The fraction of sp³-hybridized carbons (Fsp3) is 0.500. The minimum Gasteiger partial charge on any atom is -0.390 e. The largest absolute Gasteiger partial charge is 0.390 e. The highest BCUT2D eigenvalue weighted by molar-refractivity contribution is 7.99. The van der Waals surface area contributed by atoms with Gasteiger partial charge in [0, 0.05) is 41.3 Å². The van der Waals surface area contributed by atoms with Crippen LogP contribution in [0.25, 0.3) is 0 Å². The van der Waals surface area contributed by atoms with Crippen LogP contribution in [0.4, 0.5) is 0 Å². The van der Waals surface area contributed by atoms with Crippen molar-refractivity contribution < 1.29 is 44.6 Å². The second-order valence-corrected chi connectivity index (χ2v) is 14.9. The number of primary amides is 1. The molecule has 0 bridgehead atoms. The summed E-state index contributed by atoms with van der Waals surface area (Å²) in [6.07, 6.45) is 8.55. The van der Waals surface area contributed by atoms with Crippen LogP contribution in [0.1, 0.15) is 96.8 Å². The van der Waals surface area contributed by atoms with Gasteiger partial charge in [-0.15, -0.1) is 18.2 Å². The molecule has 0 radical (unpaired) electrons. The lowest BCUT2D eigenvalue weighted by atomic mass is 9.98. The number of nitrogens with two attached hydrogens (primary N) is 1. The summed E-state index contributed by atoms with van der Waals surface area (Å²) in [6, 6.07) is -1.18. The summed E-state index contributed by atoms with van der Waals surface area (Å²) in [5.41, 5.74) is 5.19. The summed E-state index contributed by atoms with van der Waals surface area (Å²) in [5.74, 6) is 55.3. The van der Waals surface area contributed by atoms with Gasteiger partial charge in [0.2, 0.25) is 11.8 Å². The Labute approximate surface area is 384 Å². The Balaban J connectivity index is 2.79. The van der Waals surface area contributed by atoms with Crippen molar-refractivity contribution in [1.82, 2.24) is 5.32 Å². The number of carbonyl (C=O) groups excluding carboxylic acids is 2. The molecule has 12 heteroatoms. The Kier molecular flexibility index (Phi) is 33.5. The van der Waals surface area contributed by atoms with E-state index in [1.807, 2.05) is 0 Å². The molecule has 0 saturated carbocycles. The Morgan fingerprint density at radius 3 is 1.55 bits per heavy atom. The van der Waals surface area contributed by atoms with Gasteiger partial charge in [-0.2, -0.15) is 0 Å². The zero-order valence-corrected chi connectivity index (χ0v) is 36.9. The maximum absolute atomic E-state index is 12.9. The molecule has 2 amide bonds. The summed E-state index contributed by atoms with van der Waals surface area (Å²) in [5, 5.41) is 56.2. The molecule has 11 nitrogen and oxygen atoms in total. The summed E-state index contributed by atoms with van der Waals surface area (Å²) < 4.78 is 11.4. The minimum absolute atomic E-state index is 0.0519. The van der Waals surface area contributed by atoms with Crippen molar-refractivity contribution in [3.05, 3.63) is 0 Å². The van der Waals surface area contributed by atoms with Crippen LogP contribution in [0, 0.1) is 143 Å². The Morgan fingerprint density at radius 1 is 0.656 bits per heavy atom. The lowest BCUT2D eigenvalue weighted by Crippen LogP contribution is -2.60. The molecule has 1 fully saturated rings. The number of nitrogens with one attached hydrogen (secondary N) is 1. The van der Waals surface area contributed by atoms with Gasteiger partial charge >= 0.3 is 0 Å². The predicted octanol–water partition coefficient (Wildman–Crippen LogP) is 1.39. The second-order valence-electron chi connectivity index (χ2n) is 13.9. The number of thioether (sulfide) groups is 1. The molecule has 0 aliphatic carbocycles. The molecule has 1 aliphatic rings. The van der Waals surface area contributed by atoms with E-state index in [4.69, 9.17) is 21.6 Å². The molecule has 0 aromatic rings. The molecule has 0 aromatic heterocycles. The average Bonchev–Trinajstić information content (AvgIpc) is 3.28. The highest BCUT2D eigenvalue weighted by atomic mass is 32.2.